The molecular weight excluding hydrogens is 400 g/mol. The number of nitrogens with zero attached hydrogens (tertiary/aromatic N) is 3. The van der Waals surface area contributed by atoms with Gasteiger partial charge in [0.05, 0.1) is 18.6 Å². The molecule has 164 valence electrons. The zero-order chi connectivity index (χ0) is 21.9. The maximum Gasteiger partial charge on any atom is 0.193 e. The van der Waals surface area contributed by atoms with Gasteiger partial charge < -0.3 is 10.1 Å². The lowest BCUT2D eigenvalue weighted by Crippen LogP contribution is -2.36. The largest absolute Gasteiger partial charge is 0.379 e. The highest BCUT2D eigenvalue weighted by molar-refractivity contribution is 5.81. The number of hydrogen-bond donors (Lipinski definition) is 1. The quantitative estimate of drug-likeness (QED) is 0.661. The predicted octanol–water partition coefficient (Wildman–Crippen LogP) is 4.17. The maximum atomic E-state index is 13.2. The van der Waals surface area contributed by atoms with Crippen molar-refractivity contribution in [2.45, 2.75) is 26.3 Å². The summed E-state index contributed by atoms with van der Waals surface area (Å²) in [5.74, 6) is 0.722. The van der Waals surface area contributed by atoms with Crippen molar-refractivity contribution < 1.29 is 4.74 Å². The molecule has 2 aliphatic rings. The van der Waals surface area contributed by atoms with Gasteiger partial charge in [0, 0.05) is 42.8 Å². The van der Waals surface area contributed by atoms with E-state index in [1.54, 1.807) is 6.07 Å². The van der Waals surface area contributed by atoms with Gasteiger partial charge in [-0.25, -0.2) is 4.98 Å². The first-order valence-electron chi connectivity index (χ1n) is 11.2. The van der Waals surface area contributed by atoms with E-state index in [1.807, 2.05) is 47.9 Å². The number of para-hydroxylation sites is 1. The summed E-state index contributed by atoms with van der Waals surface area (Å²) < 4.78 is 7.52. The minimum absolute atomic E-state index is 0.0224. The molecule has 1 N–H and O–H groups in total. The summed E-state index contributed by atoms with van der Waals surface area (Å²) in [6.45, 7) is 6.11. The Morgan fingerprint density at radius 1 is 1.09 bits per heavy atom. The fourth-order valence-corrected chi connectivity index (χ4v) is 4.31. The van der Waals surface area contributed by atoms with E-state index in [1.165, 1.54) is 0 Å². The van der Waals surface area contributed by atoms with E-state index in [0.29, 0.717) is 11.0 Å². The van der Waals surface area contributed by atoms with Crippen LogP contribution in [0.15, 0.2) is 71.2 Å². The molecule has 0 radical (unpaired) electrons. The molecule has 6 nitrogen and oxygen atoms in total. The van der Waals surface area contributed by atoms with Crippen LogP contribution < -0.4 is 10.7 Å². The number of aryl methyl sites for hydroxylation is 1. The van der Waals surface area contributed by atoms with Crippen LogP contribution in [0.4, 0.5) is 5.82 Å². The molecule has 3 heterocycles. The lowest BCUT2D eigenvalue weighted by atomic mass is 10.1. The molecule has 0 unspecified atom stereocenters. The molecule has 2 aromatic heterocycles. The van der Waals surface area contributed by atoms with Gasteiger partial charge in [-0.15, -0.1) is 0 Å². The molecule has 0 saturated carbocycles. The fraction of sp³-hybridized carbons (Fsp3) is 0.308. The first-order valence-corrected chi connectivity index (χ1v) is 11.2. The molecule has 0 spiro atoms. The number of benzene rings is 1. The number of morpholine rings is 1. The molecule has 0 atom stereocenters. The normalized spacial score (nSPS) is 16.8. The van der Waals surface area contributed by atoms with E-state index in [-0.39, 0.29) is 5.43 Å². The van der Waals surface area contributed by atoms with Gasteiger partial charge >= 0.3 is 0 Å². The van der Waals surface area contributed by atoms with Crippen LogP contribution in [0.1, 0.15) is 24.1 Å². The van der Waals surface area contributed by atoms with E-state index >= 15 is 0 Å². The van der Waals surface area contributed by atoms with Crippen molar-refractivity contribution in [1.29, 1.82) is 0 Å². The van der Waals surface area contributed by atoms with E-state index < -0.39 is 0 Å². The van der Waals surface area contributed by atoms with Crippen molar-refractivity contribution >= 4 is 16.9 Å². The first kappa shape index (κ1) is 20.7. The summed E-state index contributed by atoms with van der Waals surface area (Å²) in [6.07, 6.45) is 8.41. The number of rotatable bonds is 5. The zero-order valence-corrected chi connectivity index (χ0v) is 18.4. The van der Waals surface area contributed by atoms with Crippen LogP contribution in [0.3, 0.4) is 0 Å². The minimum atomic E-state index is -0.0224. The van der Waals surface area contributed by atoms with Crippen LogP contribution in [0.25, 0.3) is 16.7 Å². The Labute approximate surface area is 187 Å². The fourth-order valence-electron chi connectivity index (χ4n) is 4.31. The van der Waals surface area contributed by atoms with Crippen molar-refractivity contribution in [2.75, 3.05) is 31.6 Å². The number of allylic oxidation sites excluding steroid dienone is 3. The zero-order valence-electron chi connectivity index (χ0n) is 18.4. The Balaban J connectivity index is 1.64. The van der Waals surface area contributed by atoms with Crippen LogP contribution in [0, 0.1) is 6.92 Å². The molecule has 1 aliphatic carbocycles. The van der Waals surface area contributed by atoms with Crippen LogP contribution >= 0.6 is 0 Å². The van der Waals surface area contributed by atoms with Gasteiger partial charge in [-0.3, -0.25) is 14.3 Å². The topological polar surface area (TPSA) is 59.4 Å². The Kier molecular flexibility index (Phi) is 5.88. The molecule has 5 rings (SSSR count). The number of pyridine rings is 2. The van der Waals surface area contributed by atoms with E-state index in [2.05, 4.69) is 28.4 Å². The molecule has 32 heavy (non-hydrogen) atoms. The number of ether oxygens (including phenoxy) is 1. The Hall–Kier alpha value is -3.22. The summed E-state index contributed by atoms with van der Waals surface area (Å²) >= 11 is 0. The lowest BCUT2D eigenvalue weighted by molar-refractivity contribution is 0.0341. The van der Waals surface area contributed by atoms with E-state index in [9.17, 15) is 4.79 Å². The Morgan fingerprint density at radius 2 is 1.91 bits per heavy atom. The second-order valence-electron chi connectivity index (χ2n) is 8.32. The molecule has 3 aromatic rings. The molecule has 1 aromatic carbocycles. The predicted molar refractivity (Wildman–Crippen MR) is 128 cm³/mol. The van der Waals surface area contributed by atoms with Crippen molar-refractivity contribution in [3.8, 4) is 5.69 Å². The van der Waals surface area contributed by atoms with E-state index in [4.69, 9.17) is 9.72 Å². The van der Waals surface area contributed by atoms with Crippen LogP contribution in [0.2, 0.25) is 0 Å². The minimum Gasteiger partial charge on any atom is -0.379 e. The Morgan fingerprint density at radius 3 is 2.66 bits per heavy atom. The average molecular weight is 429 g/mol. The van der Waals surface area contributed by atoms with Gasteiger partial charge in [0.1, 0.15) is 11.5 Å². The van der Waals surface area contributed by atoms with Crippen LogP contribution in [-0.2, 0) is 11.3 Å². The van der Waals surface area contributed by atoms with Crippen molar-refractivity contribution in [2.24, 2.45) is 0 Å². The SMILES string of the molecule is Cc1nc2c(cc1CN1CCOCC1)c(=O)cc(NC1=CCCC=C1)n2-c1ccccc1. The van der Waals surface area contributed by atoms with Gasteiger partial charge in [-0.1, -0.05) is 30.4 Å². The van der Waals surface area contributed by atoms with Crippen molar-refractivity contribution in [1.82, 2.24) is 14.5 Å². The van der Waals surface area contributed by atoms with E-state index in [0.717, 1.165) is 74.1 Å². The smallest absolute Gasteiger partial charge is 0.193 e. The van der Waals surface area contributed by atoms with Crippen LogP contribution in [-0.4, -0.2) is 40.8 Å². The molecule has 0 bridgehead atoms. The summed E-state index contributed by atoms with van der Waals surface area (Å²) in [5, 5.41) is 4.10. The highest BCUT2D eigenvalue weighted by Gasteiger charge is 2.17. The highest BCUT2D eigenvalue weighted by Crippen LogP contribution is 2.25. The molecule has 0 amide bonds. The number of aromatic nitrogens is 2. The number of anilines is 1. The Bertz CT molecular complexity index is 1240. The van der Waals surface area contributed by atoms with Crippen molar-refractivity contribution in [3.63, 3.8) is 0 Å². The molecule has 6 heteroatoms. The maximum absolute atomic E-state index is 13.2. The summed E-state index contributed by atoms with van der Waals surface area (Å²) in [6, 6.07) is 13.8. The molecule has 1 fully saturated rings. The van der Waals surface area contributed by atoms with Crippen molar-refractivity contribution in [3.05, 3.63) is 87.9 Å². The first-order chi connectivity index (χ1) is 15.7. The number of nitrogens with one attached hydrogen (secondary N) is 1. The second kappa shape index (κ2) is 9.10. The monoisotopic (exact) mass is 428 g/mol. The van der Waals surface area contributed by atoms with Crippen LogP contribution in [0.5, 0.6) is 0 Å². The summed E-state index contributed by atoms with van der Waals surface area (Å²) in [7, 11) is 0. The van der Waals surface area contributed by atoms with Gasteiger partial charge in [-0.05, 0) is 49.6 Å². The third-order valence-corrected chi connectivity index (χ3v) is 6.06. The van der Waals surface area contributed by atoms with Gasteiger partial charge in [0.25, 0.3) is 0 Å². The third-order valence-electron chi connectivity index (χ3n) is 6.06. The molecule has 1 aliphatic heterocycles. The highest BCUT2D eigenvalue weighted by atomic mass is 16.5. The number of hydrogen-bond acceptors (Lipinski definition) is 5. The third kappa shape index (κ3) is 4.24. The average Bonchev–Trinajstić information content (AvgIpc) is 2.82. The molecule has 1 saturated heterocycles. The van der Waals surface area contributed by atoms with Gasteiger partial charge in [0.2, 0.25) is 0 Å². The summed E-state index contributed by atoms with van der Waals surface area (Å²) in [5.41, 5.74) is 4.66. The summed E-state index contributed by atoms with van der Waals surface area (Å²) in [4.78, 5) is 20.5. The second-order valence-corrected chi connectivity index (χ2v) is 8.32. The lowest BCUT2D eigenvalue weighted by Gasteiger charge is -2.27. The standard InChI is InChI=1S/C26H28N4O2/c1-19-20(18-29-12-14-32-15-13-29)16-23-24(31)17-25(28-21-8-4-2-5-9-21)30(26(23)27-19)22-10-6-3-7-11-22/h3-4,6-11,16-17,28H,2,5,12-15,18H2,1H3. The molecular formula is C26H28N4O2. The van der Waals surface area contributed by atoms with Gasteiger partial charge in [0.15, 0.2) is 5.43 Å². The van der Waals surface area contributed by atoms with Gasteiger partial charge in [-0.2, -0.15) is 0 Å². The number of fused-ring (bicyclic) bond motifs is 1.